The third kappa shape index (κ3) is 5.01. The van der Waals surface area contributed by atoms with Gasteiger partial charge in [-0.2, -0.15) is 20.0 Å². The van der Waals surface area contributed by atoms with E-state index in [4.69, 9.17) is 11.6 Å². The van der Waals surface area contributed by atoms with Gasteiger partial charge in [0.1, 0.15) is 6.07 Å². The quantitative estimate of drug-likeness (QED) is 0.360. The largest absolute Gasteiger partial charge is 0.465 e. The molecular formula is C24H25ClN10O2. The van der Waals surface area contributed by atoms with Crippen LogP contribution in [0.5, 0.6) is 0 Å². The van der Waals surface area contributed by atoms with E-state index in [1.165, 1.54) is 10.7 Å². The van der Waals surface area contributed by atoms with Gasteiger partial charge in [0.2, 0.25) is 5.95 Å². The minimum atomic E-state index is -1.03. The number of nitrogens with one attached hydrogen (secondary N) is 3. The van der Waals surface area contributed by atoms with E-state index in [9.17, 15) is 20.4 Å². The molecule has 2 aliphatic rings. The van der Waals surface area contributed by atoms with Gasteiger partial charge in [0.15, 0.2) is 17.2 Å². The lowest BCUT2D eigenvalue weighted by Gasteiger charge is -2.40. The van der Waals surface area contributed by atoms with Crippen molar-refractivity contribution < 1.29 is 9.90 Å². The van der Waals surface area contributed by atoms with Gasteiger partial charge in [-0.25, -0.2) is 9.78 Å². The first-order chi connectivity index (χ1) is 17.9. The Morgan fingerprint density at radius 1 is 1.27 bits per heavy atom. The minimum Gasteiger partial charge on any atom is -0.465 e. The van der Waals surface area contributed by atoms with Crippen molar-refractivity contribution in [2.24, 2.45) is 5.92 Å². The van der Waals surface area contributed by atoms with Crippen LogP contribution in [0, 0.1) is 28.6 Å². The van der Waals surface area contributed by atoms with Crippen LogP contribution >= 0.6 is 11.6 Å². The number of amides is 1. The van der Waals surface area contributed by atoms with Crippen molar-refractivity contribution in [2.45, 2.75) is 44.7 Å². The number of carboxylic acid groups (broad SMARTS) is 1. The molecule has 4 N–H and O–H groups in total. The smallest absolute Gasteiger partial charge is 0.404 e. The summed E-state index contributed by atoms with van der Waals surface area (Å²) in [7, 11) is 0. The summed E-state index contributed by atoms with van der Waals surface area (Å²) in [5.41, 5.74) is 2.24. The zero-order valence-electron chi connectivity index (χ0n) is 20.1. The molecule has 0 bridgehead atoms. The normalized spacial score (nSPS) is 19.2. The lowest BCUT2D eigenvalue weighted by molar-refractivity contribution is 0.179. The van der Waals surface area contributed by atoms with Crippen molar-refractivity contribution in [3.05, 3.63) is 34.6 Å². The van der Waals surface area contributed by atoms with Gasteiger partial charge in [0.25, 0.3) is 0 Å². The molecule has 2 fully saturated rings. The van der Waals surface area contributed by atoms with Crippen LogP contribution in [0.2, 0.25) is 5.02 Å². The summed E-state index contributed by atoms with van der Waals surface area (Å²) >= 11 is 6.86. The molecule has 1 aliphatic heterocycles. The van der Waals surface area contributed by atoms with Crippen molar-refractivity contribution in [3.63, 3.8) is 0 Å². The maximum absolute atomic E-state index is 11.2. The minimum absolute atomic E-state index is 0.0931. The van der Waals surface area contributed by atoms with Crippen molar-refractivity contribution >= 4 is 46.5 Å². The fourth-order valence-corrected chi connectivity index (χ4v) is 4.93. The second kappa shape index (κ2) is 9.99. The monoisotopic (exact) mass is 520 g/mol. The number of nitriles is 2. The van der Waals surface area contributed by atoms with Gasteiger partial charge in [-0.05, 0) is 43.7 Å². The number of rotatable bonds is 7. The Hall–Kier alpha value is -4.29. The number of carbonyl (C=O) groups is 1. The Kier molecular flexibility index (Phi) is 6.59. The first-order valence-corrected chi connectivity index (χ1v) is 12.5. The van der Waals surface area contributed by atoms with E-state index in [1.54, 1.807) is 12.1 Å². The Morgan fingerprint density at radius 3 is 2.76 bits per heavy atom. The van der Waals surface area contributed by atoms with Gasteiger partial charge < -0.3 is 26.0 Å². The van der Waals surface area contributed by atoms with Crippen LogP contribution in [0.25, 0.3) is 5.65 Å². The van der Waals surface area contributed by atoms with Gasteiger partial charge in [-0.15, -0.1) is 5.10 Å². The Bertz CT molecular complexity index is 1440. The molecule has 13 heteroatoms. The van der Waals surface area contributed by atoms with Gasteiger partial charge >= 0.3 is 6.09 Å². The molecule has 1 amide bonds. The molecule has 0 spiro atoms. The number of fused-ring (bicyclic) bond motifs is 1. The highest BCUT2D eigenvalue weighted by Crippen LogP contribution is 2.38. The predicted octanol–water partition coefficient (Wildman–Crippen LogP) is 3.71. The molecule has 3 heterocycles. The molecule has 5 rings (SSSR count). The summed E-state index contributed by atoms with van der Waals surface area (Å²) in [6.07, 6.45) is 3.88. The summed E-state index contributed by atoms with van der Waals surface area (Å²) in [6.45, 7) is 3.19. The van der Waals surface area contributed by atoms with Crippen molar-refractivity contribution in [1.82, 2.24) is 24.9 Å². The van der Waals surface area contributed by atoms with Crippen LogP contribution in [0.15, 0.2) is 18.3 Å². The van der Waals surface area contributed by atoms with Crippen LogP contribution in [-0.4, -0.2) is 56.0 Å². The summed E-state index contributed by atoms with van der Waals surface area (Å²) < 4.78 is 1.43. The Morgan fingerprint density at radius 2 is 2.08 bits per heavy atom. The highest BCUT2D eigenvalue weighted by atomic mass is 35.5. The second-order valence-electron chi connectivity index (χ2n) is 9.25. The molecule has 3 aromatic rings. The van der Waals surface area contributed by atoms with Crippen LogP contribution in [-0.2, 0) is 0 Å². The van der Waals surface area contributed by atoms with Gasteiger partial charge in [0.05, 0.1) is 34.2 Å². The summed E-state index contributed by atoms with van der Waals surface area (Å²) in [5, 5.41) is 42.3. The second-order valence-corrected chi connectivity index (χ2v) is 9.62. The van der Waals surface area contributed by atoms with Crippen LogP contribution in [0.1, 0.15) is 43.9 Å². The van der Waals surface area contributed by atoms with Crippen LogP contribution in [0.3, 0.4) is 0 Å². The van der Waals surface area contributed by atoms with Crippen molar-refractivity contribution in [2.75, 3.05) is 28.6 Å². The molecule has 1 saturated carbocycles. The molecular weight excluding hydrogens is 496 g/mol. The van der Waals surface area contributed by atoms with E-state index < -0.39 is 6.09 Å². The number of aromatic nitrogens is 4. The summed E-state index contributed by atoms with van der Waals surface area (Å²) in [5.74, 6) is 0.799. The molecule has 12 nitrogen and oxygen atoms in total. The maximum atomic E-state index is 11.2. The standard InChI is InChI=1S/C24H25ClN10O2/c1-2-14-12-34(6-5-17(14)31-24(36)37)19-8-13(9-26)7-18(20(19)25)30-23-32-21(29-15-3-4-15)22-28-11-16(10-27)35(22)33-23/h7-8,11,14-15,17,31H,2-6,12H2,1H3,(H,36,37)(H2,29,30,32,33)/t14-,17-/m1/s1. The van der Waals surface area contributed by atoms with E-state index >= 15 is 0 Å². The zero-order chi connectivity index (χ0) is 26.1. The fourth-order valence-electron chi connectivity index (χ4n) is 4.66. The SMILES string of the molecule is CC[C@@H]1CN(c2cc(C#N)cc(Nc3nc(NC4CC4)c4ncc(C#N)n4n3)c2Cl)CC[C@H]1NC(=O)O. The number of anilines is 4. The molecule has 1 saturated heterocycles. The van der Waals surface area contributed by atoms with E-state index in [0.717, 1.165) is 19.3 Å². The van der Waals surface area contributed by atoms with Gasteiger partial charge in [-0.3, -0.25) is 0 Å². The zero-order valence-corrected chi connectivity index (χ0v) is 20.8. The molecule has 190 valence electrons. The number of benzene rings is 1. The molecule has 0 radical (unpaired) electrons. The van der Waals surface area contributed by atoms with E-state index in [1.807, 2.05) is 6.92 Å². The molecule has 2 aromatic heterocycles. The number of nitrogens with zero attached hydrogens (tertiary/aromatic N) is 7. The third-order valence-corrected chi connectivity index (χ3v) is 7.13. The third-order valence-electron chi connectivity index (χ3n) is 6.73. The number of piperidine rings is 1. The number of halogens is 1. The average molecular weight is 521 g/mol. The Labute approximate surface area is 217 Å². The molecule has 1 aromatic carbocycles. The molecule has 2 atom stereocenters. The van der Waals surface area contributed by atoms with Crippen LogP contribution < -0.4 is 20.9 Å². The highest BCUT2D eigenvalue weighted by Gasteiger charge is 2.31. The fraction of sp³-hybridized carbons (Fsp3) is 0.417. The van der Waals surface area contributed by atoms with Crippen molar-refractivity contribution in [1.29, 1.82) is 10.5 Å². The number of imidazole rings is 1. The van der Waals surface area contributed by atoms with E-state index in [2.05, 4.69) is 48.1 Å². The number of hydrogen-bond acceptors (Lipinski definition) is 9. The first kappa shape index (κ1) is 24.4. The van der Waals surface area contributed by atoms with Crippen LogP contribution in [0.4, 0.5) is 27.9 Å². The summed E-state index contributed by atoms with van der Waals surface area (Å²) in [4.78, 5) is 22.1. The van der Waals surface area contributed by atoms with Gasteiger partial charge in [-0.1, -0.05) is 18.5 Å². The molecule has 37 heavy (non-hydrogen) atoms. The van der Waals surface area contributed by atoms with E-state index in [0.29, 0.717) is 59.0 Å². The lowest BCUT2D eigenvalue weighted by atomic mass is 9.89. The summed E-state index contributed by atoms with van der Waals surface area (Å²) in [6, 6.07) is 7.79. The Balaban J connectivity index is 1.48. The average Bonchev–Trinajstić information content (AvgIpc) is 3.61. The topological polar surface area (TPSA) is 167 Å². The highest BCUT2D eigenvalue weighted by molar-refractivity contribution is 6.36. The number of hydrogen-bond donors (Lipinski definition) is 4. The molecule has 0 unspecified atom stereocenters. The van der Waals surface area contributed by atoms with Crippen molar-refractivity contribution in [3.8, 4) is 12.1 Å². The van der Waals surface area contributed by atoms with Gasteiger partial charge in [0, 0.05) is 25.2 Å². The predicted molar refractivity (Wildman–Crippen MR) is 137 cm³/mol. The van der Waals surface area contributed by atoms with E-state index in [-0.39, 0.29) is 23.6 Å². The lowest BCUT2D eigenvalue weighted by Crippen LogP contribution is -2.50. The molecule has 1 aliphatic carbocycles. The first-order valence-electron chi connectivity index (χ1n) is 12.1. The maximum Gasteiger partial charge on any atom is 0.404 e.